The van der Waals surface area contributed by atoms with E-state index in [0.29, 0.717) is 12.1 Å². The largest absolute Gasteiger partial charge is 0.430 e. The normalized spacial score (nSPS) is 16.6. The molecule has 0 bridgehead atoms. The molecule has 3 rings (SSSR count). The highest BCUT2D eigenvalue weighted by Gasteiger charge is 2.71. The molecule has 0 aliphatic carbocycles. The van der Waals surface area contributed by atoms with Crippen molar-refractivity contribution in [2.75, 3.05) is 38.2 Å². The molecular weight excluding hydrogens is 582 g/mol. The minimum absolute atomic E-state index is 0.0131. The van der Waals surface area contributed by atoms with Crippen molar-refractivity contribution >= 4 is 28.3 Å². The fraction of sp³-hybridized carbons (Fsp3) is 0.462. The zero-order valence-electron chi connectivity index (χ0n) is 21.7. The lowest BCUT2D eigenvalue weighted by Crippen LogP contribution is -2.54. The third kappa shape index (κ3) is 6.23. The molecule has 0 amide bonds. The van der Waals surface area contributed by atoms with Crippen molar-refractivity contribution in [2.24, 2.45) is 5.92 Å². The SMILES string of the molecule is CO[C@@H](C#Cc1cc(C(O)(C(F)(F)F)C(F)(F)F)ccc1N1CCN(S(=O)(=O)c2ccccc2S)CC1)C(C)C. The van der Waals surface area contributed by atoms with Gasteiger partial charge in [0.25, 0.3) is 5.60 Å². The van der Waals surface area contributed by atoms with E-state index in [0.717, 1.165) is 6.07 Å². The Morgan fingerprint density at radius 3 is 2.05 bits per heavy atom. The van der Waals surface area contributed by atoms with Gasteiger partial charge in [0.2, 0.25) is 10.0 Å². The molecule has 1 atom stereocenters. The van der Waals surface area contributed by atoms with E-state index in [4.69, 9.17) is 4.74 Å². The zero-order chi connectivity index (χ0) is 30.1. The van der Waals surface area contributed by atoms with Gasteiger partial charge in [0.05, 0.1) is 10.6 Å². The zero-order valence-corrected chi connectivity index (χ0v) is 23.4. The Kier molecular flexibility index (Phi) is 9.47. The number of methoxy groups -OCH3 is 1. The van der Waals surface area contributed by atoms with Crippen LogP contribution in [0.25, 0.3) is 0 Å². The molecular formula is C26H28F6N2O4S2. The van der Waals surface area contributed by atoms with Crippen LogP contribution in [0, 0.1) is 17.8 Å². The van der Waals surface area contributed by atoms with E-state index in [1.54, 1.807) is 30.9 Å². The van der Waals surface area contributed by atoms with E-state index in [2.05, 4.69) is 24.5 Å². The predicted octanol–water partition coefficient (Wildman–Crippen LogP) is 4.82. The Bertz CT molecular complexity index is 1360. The van der Waals surface area contributed by atoms with Gasteiger partial charge < -0.3 is 14.7 Å². The van der Waals surface area contributed by atoms with Gasteiger partial charge in [0.15, 0.2) is 0 Å². The summed E-state index contributed by atoms with van der Waals surface area (Å²) in [6, 6.07) is 8.29. The highest BCUT2D eigenvalue weighted by atomic mass is 32.2. The Morgan fingerprint density at radius 2 is 1.55 bits per heavy atom. The van der Waals surface area contributed by atoms with Gasteiger partial charge in [-0.2, -0.15) is 30.6 Å². The second-order valence-electron chi connectivity index (χ2n) is 9.47. The van der Waals surface area contributed by atoms with E-state index in [-0.39, 0.29) is 53.1 Å². The van der Waals surface area contributed by atoms with Crippen LogP contribution >= 0.6 is 12.6 Å². The number of rotatable bonds is 6. The first-order valence-corrected chi connectivity index (χ1v) is 13.9. The molecule has 1 aliphatic heterocycles. The van der Waals surface area contributed by atoms with Crippen LogP contribution in [-0.4, -0.2) is 69.6 Å². The minimum Gasteiger partial charge on any atom is -0.369 e. The molecule has 1 saturated heterocycles. The lowest BCUT2D eigenvalue weighted by molar-refractivity contribution is -0.376. The average Bonchev–Trinajstić information content (AvgIpc) is 2.87. The average molecular weight is 611 g/mol. The van der Waals surface area contributed by atoms with Crippen molar-refractivity contribution in [2.45, 2.75) is 47.7 Å². The van der Waals surface area contributed by atoms with Gasteiger partial charge in [-0.15, -0.1) is 12.6 Å². The minimum atomic E-state index is -6.06. The smallest absolute Gasteiger partial charge is 0.369 e. The lowest BCUT2D eigenvalue weighted by atomic mass is 9.90. The number of piperazine rings is 1. The number of aliphatic hydroxyl groups is 1. The van der Waals surface area contributed by atoms with Crippen LogP contribution in [0.4, 0.5) is 32.0 Å². The first kappa shape index (κ1) is 32.1. The Morgan fingerprint density at radius 1 is 0.975 bits per heavy atom. The summed E-state index contributed by atoms with van der Waals surface area (Å²) in [5.74, 6) is 5.21. The second kappa shape index (κ2) is 11.8. The molecule has 0 saturated carbocycles. The molecule has 220 valence electrons. The molecule has 0 spiro atoms. The number of alkyl halides is 6. The quantitative estimate of drug-likeness (QED) is 0.279. The summed E-state index contributed by atoms with van der Waals surface area (Å²) < 4.78 is 114. The number of halogens is 6. The molecule has 6 nitrogen and oxygen atoms in total. The Hall–Kier alpha value is -2.44. The number of benzene rings is 2. The van der Waals surface area contributed by atoms with E-state index < -0.39 is 39.6 Å². The van der Waals surface area contributed by atoms with Gasteiger partial charge in [-0.3, -0.25) is 0 Å². The summed E-state index contributed by atoms with van der Waals surface area (Å²) >= 11 is 4.21. The summed E-state index contributed by atoms with van der Waals surface area (Å²) in [7, 11) is -2.53. The van der Waals surface area contributed by atoms with Crippen molar-refractivity contribution in [3.8, 4) is 11.8 Å². The maximum Gasteiger partial charge on any atom is 0.430 e. The first-order chi connectivity index (χ1) is 18.4. The molecule has 1 fully saturated rings. The van der Waals surface area contributed by atoms with Crippen molar-refractivity contribution in [3.05, 3.63) is 53.6 Å². The number of anilines is 1. The second-order valence-corrected chi connectivity index (χ2v) is 11.9. The fourth-order valence-electron chi connectivity index (χ4n) is 4.26. The summed E-state index contributed by atoms with van der Waals surface area (Å²) in [5.41, 5.74) is -6.58. The number of hydrogen-bond acceptors (Lipinski definition) is 6. The maximum absolute atomic E-state index is 13.6. The standard InChI is InChI=1S/C26H28F6N2O4S2/c1-17(2)21(38-3)11-8-18-16-19(24(35,25(27,28)29)26(30,31)32)9-10-20(18)33-12-14-34(15-13-33)40(36,37)23-7-5-4-6-22(23)39/h4-7,9-10,16-17,21,35,39H,12-15H2,1-3H3/t21-/m0/s1. The van der Waals surface area contributed by atoms with Crippen LogP contribution in [0.5, 0.6) is 0 Å². The highest BCUT2D eigenvalue weighted by molar-refractivity contribution is 7.90. The third-order valence-corrected chi connectivity index (χ3v) is 9.00. The molecule has 2 aromatic carbocycles. The fourth-order valence-corrected chi connectivity index (χ4v) is 6.27. The van der Waals surface area contributed by atoms with Gasteiger partial charge >= 0.3 is 12.4 Å². The summed E-state index contributed by atoms with van der Waals surface area (Å²) in [6.45, 7) is 3.66. The molecule has 1 aliphatic rings. The van der Waals surface area contributed by atoms with Crippen LogP contribution < -0.4 is 4.90 Å². The summed E-state index contributed by atoms with van der Waals surface area (Å²) in [5, 5.41) is 9.93. The van der Waals surface area contributed by atoms with Crippen molar-refractivity contribution in [1.82, 2.24) is 4.31 Å². The van der Waals surface area contributed by atoms with Crippen molar-refractivity contribution < 1.29 is 44.6 Å². The molecule has 0 unspecified atom stereocenters. The highest BCUT2D eigenvalue weighted by Crippen LogP contribution is 2.50. The molecule has 0 aromatic heterocycles. The number of thiol groups is 1. The van der Waals surface area contributed by atoms with Gasteiger partial charge in [0.1, 0.15) is 6.10 Å². The molecule has 1 N–H and O–H groups in total. The Balaban J connectivity index is 2.02. The van der Waals surface area contributed by atoms with E-state index in [9.17, 15) is 39.9 Å². The number of sulfonamides is 1. The van der Waals surface area contributed by atoms with Gasteiger partial charge in [-0.05, 0) is 30.2 Å². The summed E-state index contributed by atoms with van der Waals surface area (Å²) in [6.07, 6.45) is -12.8. The molecule has 40 heavy (non-hydrogen) atoms. The van der Waals surface area contributed by atoms with Crippen molar-refractivity contribution in [3.63, 3.8) is 0 Å². The van der Waals surface area contributed by atoms with E-state index in [1.807, 2.05) is 0 Å². The van der Waals surface area contributed by atoms with E-state index >= 15 is 0 Å². The first-order valence-electron chi connectivity index (χ1n) is 12.0. The maximum atomic E-state index is 13.6. The van der Waals surface area contributed by atoms with Crippen molar-refractivity contribution in [1.29, 1.82) is 0 Å². The van der Waals surface area contributed by atoms with Gasteiger partial charge in [0, 0.05) is 49.3 Å². The third-order valence-electron chi connectivity index (χ3n) is 6.51. The predicted molar refractivity (Wildman–Crippen MR) is 140 cm³/mol. The number of ether oxygens (including phenoxy) is 1. The topological polar surface area (TPSA) is 70.1 Å². The summed E-state index contributed by atoms with van der Waals surface area (Å²) in [4.78, 5) is 1.89. The Labute approximate surface area is 234 Å². The van der Waals surface area contributed by atoms with E-state index in [1.165, 1.54) is 23.5 Å². The van der Waals surface area contributed by atoms with Crippen LogP contribution in [0.15, 0.2) is 52.3 Å². The molecule has 14 heteroatoms. The van der Waals surface area contributed by atoms with Gasteiger partial charge in [-0.1, -0.05) is 43.9 Å². The van der Waals surface area contributed by atoms with Crippen LogP contribution in [0.2, 0.25) is 0 Å². The molecule has 2 aromatic rings. The van der Waals surface area contributed by atoms with Crippen LogP contribution in [0.3, 0.4) is 0 Å². The van der Waals surface area contributed by atoms with Crippen LogP contribution in [0.1, 0.15) is 25.0 Å². The molecule has 1 heterocycles. The number of hydrogen-bond donors (Lipinski definition) is 2. The van der Waals surface area contributed by atoms with Crippen LogP contribution in [-0.2, 0) is 20.4 Å². The number of nitrogens with zero attached hydrogens (tertiary/aromatic N) is 2. The molecule has 0 radical (unpaired) electrons. The van der Waals surface area contributed by atoms with Gasteiger partial charge in [-0.25, -0.2) is 8.42 Å². The lowest BCUT2D eigenvalue weighted by Gasteiger charge is -2.37. The monoisotopic (exact) mass is 610 g/mol.